The summed E-state index contributed by atoms with van der Waals surface area (Å²) in [6.07, 6.45) is 14.1. The van der Waals surface area contributed by atoms with E-state index in [9.17, 15) is 0 Å². The normalized spacial score (nSPS) is 20.8. The number of benzene rings is 1. The van der Waals surface area contributed by atoms with Crippen LogP contribution in [-0.4, -0.2) is 16.5 Å². The summed E-state index contributed by atoms with van der Waals surface area (Å²) in [5, 5.41) is 3.96. The molecule has 0 aliphatic heterocycles. The molecule has 2 aromatic rings. The van der Waals surface area contributed by atoms with Gasteiger partial charge in [-0.25, -0.2) is 4.98 Å². The lowest BCUT2D eigenvalue weighted by atomic mass is 9.87. The van der Waals surface area contributed by atoms with Gasteiger partial charge in [-0.05, 0) is 50.6 Å². The highest BCUT2D eigenvalue weighted by Gasteiger charge is 2.38. The molecule has 3 heteroatoms. The summed E-state index contributed by atoms with van der Waals surface area (Å²) in [4.78, 5) is 8.46. The molecule has 2 aliphatic rings. The Balaban J connectivity index is 1.51. The Hall–Kier alpha value is -1.61. The van der Waals surface area contributed by atoms with E-state index in [-0.39, 0.29) is 5.54 Å². The van der Waals surface area contributed by atoms with Crippen LogP contribution in [0.3, 0.4) is 0 Å². The number of nitrogens with zero attached hydrogens (tertiary/aromatic N) is 1. The summed E-state index contributed by atoms with van der Waals surface area (Å²) >= 11 is 0. The lowest BCUT2D eigenvalue weighted by Gasteiger charge is -2.32. The Morgan fingerprint density at radius 1 is 1.04 bits per heavy atom. The van der Waals surface area contributed by atoms with Crippen molar-refractivity contribution in [2.75, 3.05) is 6.54 Å². The fraction of sp³-hybridized carbons (Fsp3) is 0.591. The highest BCUT2D eigenvalue weighted by atomic mass is 15.1. The molecule has 2 aliphatic carbocycles. The van der Waals surface area contributed by atoms with Crippen molar-refractivity contribution in [3.63, 3.8) is 0 Å². The first kappa shape index (κ1) is 16.8. The molecule has 0 bridgehead atoms. The van der Waals surface area contributed by atoms with Crippen molar-refractivity contribution in [3.05, 3.63) is 41.9 Å². The fourth-order valence-electron chi connectivity index (χ4n) is 4.65. The van der Waals surface area contributed by atoms with Crippen molar-refractivity contribution in [1.29, 1.82) is 0 Å². The maximum absolute atomic E-state index is 4.81. The van der Waals surface area contributed by atoms with Gasteiger partial charge in [-0.1, -0.05) is 61.9 Å². The van der Waals surface area contributed by atoms with E-state index >= 15 is 0 Å². The molecule has 0 spiro atoms. The number of aromatic nitrogens is 2. The molecule has 0 amide bonds. The van der Waals surface area contributed by atoms with Crippen molar-refractivity contribution in [2.24, 2.45) is 5.92 Å². The van der Waals surface area contributed by atoms with Gasteiger partial charge in [-0.15, -0.1) is 0 Å². The molecule has 1 aromatic heterocycles. The summed E-state index contributed by atoms with van der Waals surface area (Å²) in [7, 11) is 0. The van der Waals surface area contributed by atoms with E-state index in [0.29, 0.717) is 0 Å². The van der Waals surface area contributed by atoms with E-state index in [4.69, 9.17) is 4.98 Å². The fourth-order valence-corrected chi connectivity index (χ4v) is 4.65. The molecule has 1 aromatic carbocycles. The molecule has 0 radical (unpaired) electrons. The number of nitrogens with one attached hydrogen (secondary N) is 2. The Labute approximate surface area is 151 Å². The number of aryl methyl sites for hydroxylation is 1. The molecular weight excluding hydrogens is 306 g/mol. The molecule has 2 saturated carbocycles. The summed E-state index contributed by atoms with van der Waals surface area (Å²) in [5.41, 5.74) is 3.73. The molecule has 2 N–H and O–H groups in total. The van der Waals surface area contributed by atoms with Gasteiger partial charge in [0.05, 0.1) is 17.4 Å². The van der Waals surface area contributed by atoms with E-state index in [0.717, 1.165) is 24.0 Å². The minimum absolute atomic E-state index is 0.0698. The van der Waals surface area contributed by atoms with Crippen LogP contribution >= 0.6 is 0 Å². The number of aromatic amines is 1. The molecular formula is C22H31N3. The number of H-pyrrole nitrogens is 1. The van der Waals surface area contributed by atoms with Crippen LogP contribution in [0.5, 0.6) is 0 Å². The lowest BCUT2D eigenvalue weighted by molar-refractivity contribution is 0.263. The number of imidazole rings is 1. The first-order valence-corrected chi connectivity index (χ1v) is 10.1. The van der Waals surface area contributed by atoms with Crippen LogP contribution in [0.4, 0.5) is 0 Å². The molecule has 3 nitrogen and oxygen atoms in total. The van der Waals surface area contributed by atoms with Gasteiger partial charge in [0.1, 0.15) is 5.82 Å². The third-order valence-corrected chi connectivity index (χ3v) is 6.30. The zero-order valence-electron chi connectivity index (χ0n) is 15.5. The van der Waals surface area contributed by atoms with Crippen molar-refractivity contribution < 1.29 is 0 Å². The Morgan fingerprint density at radius 3 is 2.48 bits per heavy atom. The van der Waals surface area contributed by atoms with Crippen LogP contribution in [0.15, 0.2) is 30.5 Å². The minimum Gasteiger partial charge on any atom is -0.340 e. The van der Waals surface area contributed by atoms with Crippen LogP contribution in [0.1, 0.15) is 69.2 Å². The van der Waals surface area contributed by atoms with E-state index in [2.05, 4.69) is 41.5 Å². The van der Waals surface area contributed by atoms with E-state index < -0.39 is 0 Å². The second kappa shape index (κ2) is 7.33. The predicted octanol–water partition coefficient (Wildman–Crippen LogP) is 5.32. The van der Waals surface area contributed by atoms with Crippen LogP contribution < -0.4 is 5.32 Å². The molecule has 0 saturated heterocycles. The topological polar surface area (TPSA) is 40.7 Å². The van der Waals surface area contributed by atoms with Gasteiger partial charge in [0.2, 0.25) is 0 Å². The second-order valence-electron chi connectivity index (χ2n) is 8.19. The SMILES string of the molecule is Cc1ccc(-c2cnc(C3(NCC4CCCCC4)CCCC3)[nH]2)cc1. The molecule has 134 valence electrons. The van der Waals surface area contributed by atoms with Crippen LogP contribution in [0.25, 0.3) is 11.3 Å². The van der Waals surface area contributed by atoms with Crippen molar-refractivity contribution in [2.45, 2.75) is 70.3 Å². The van der Waals surface area contributed by atoms with Gasteiger partial charge in [0, 0.05) is 0 Å². The third-order valence-electron chi connectivity index (χ3n) is 6.30. The summed E-state index contributed by atoms with van der Waals surface area (Å²) < 4.78 is 0. The zero-order chi connectivity index (χ0) is 17.1. The summed E-state index contributed by atoms with van der Waals surface area (Å²) in [6, 6.07) is 8.71. The molecule has 0 unspecified atom stereocenters. The van der Waals surface area contributed by atoms with Crippen LogP contribution in [-0.2, 0) is 5.54 Å². The number of rotatable bonds is 5. The number of hydrogen-bond acceptors (Lipinski definition) is 2. The summed E-state index contributed by atoms with van der Waals surface area (Å²) in [5.74, 6) is 2.01. The van der Waals surface area contributed by atoms with E-state index in [1.165, 1.54) is 68.9 Å². The monoisotopic (exact) mass is 337 g/mol. The highest BCUT2D eigenvalue weighted by molar-refractivity contribution is 5.59. The van der Waals surface area contributed by atoms with Gasteiger partial charge in [-0.3, -0.25) is 0 Å². The molecule has 2 fully saturated rings. The highest BCUT2D eigenvalue weighted by Crippen LogP contribution is 2.38. The molecule has 0 atom stereocenters. The first-order valence-electron chi connectivity index (χ1n) is 10.1. The van der Waals surface area contributed by atoms with E-state index in [1.807, 2.05) is 6.20 Å². The Kier molecular flexibility index (Phi) is 4.93. The minimum atomic E-state index is 0.0698. The van der Waals surface area contributed by atoms with Gasteiger partial charge < -0.3 is 10.3 Å². The van der Waals surface area contributed by atoms with Gasteiger partial charge in [0.15, 0.2) is 0 Å². The van der Waals surface area contributed by atoms with Crippen LogP contribution in [0.2, 0.25) is 0 Å². The van der Waals surface area contributed by atoms with Gasteiger partial charge >= 0.3 is 0 Å². The summed E-state index contributed by atoms with van der Waals surface area (Å²) in [6.45, 7) is 3.28. The second-order valence-corrected chi connectivity index (χ2v) is 8.19. The molecule has 4 rings (SSSR count). The average Bonchev–Trinajstić information content (AvgIpc) is 3.32. The van der Waals surface area contributed by atoms with Gasteiger partial charge in [0.25, 0.3) is 0 Å². The van der Waals surface area contributed by atoms with E-state index in [1.54, 1.807) is 0 Å². The average molecular weight is 338 g/mol. The predicted molar refractivity (Wildman–Crippen MR) is 103 cm³/mol. The Morgan fingerprint density at radius 2 is 1.76 bits per heavy atom. The molecule has 25 heavy (non-hydrogen) atoms. The van der Waals surface area contributed by atoms with Crippen molar-refractivity contribution in [1.82, 2.24) is 15.3 Å². The largest absolute Gasteiger partial charge is 0.340 e. The zero-order valence-corrected chi connectivity index (χ0v) is 15.5. The number of hydrogen-bond donors (Lipinski definition) is 2. The Bertz CT molecular complexity index is 674. The lowest BCUT2D eigenvalue weighted by Crippen LogP contribution is -2.43. The smallest absolute Gasteiger partial charge is 0.126 e. The van der Waals surface area contributed by atoms with Crippen LogP contribution in [0, 0.1) is 12.8 Å². The first-order chi connectivity index (χ1) is 12.3. The third kappa shape index (κ3) is 3.67. The maximum Gasteiger partial charge on any atom is 0.126 e. The van der Waals surface area contributed by atoms with Crippen molar-refractivity contribution >= 4 is 0 Å². The molecule has 1 heterocycles. The quantitative estimate of drug-likeness (QED) is 0.775. The maximum atomic E-state index is 4.81. The van der Waals surface area contributed by atoms with Gasteiger partial charge in [-0.2, -0.15) is 0 Å². The van der Waals surface area contributed by atoms with Crippen molar-refractivity contribution in [3.8, 4) is 11.3 Å². The standard InChI is InChI=1S/C22H31N3/c1-17-9-11-19(12-10-17)20-16-23-21(25-20)22(13-5-6-14-22)24-15-18-7-3-2-4-8-18/h9-12,16,18,24H,2-8,13-15H2,1H3,(H,23,25).